The van der Waals surface area contributed by atoms with Crippen LogP contribution in [0.4, 0.5) is 0 Å². The molecule has 3 amide bonds. The monoisotopic (exact) mass is 559 g/mol. The van der Waals surface area contributed by atoms with Gasteiger partial charge in [-0.2, -0.15) is 0 Å². The quantitative estimate of drug-likeness (QED) is 0.160. The van der Waals surface area contributed by atoms with Crippen LogP contribution in [-0.4, -0.2) is 69.0 Å². The van der Waals surface area contributed by atoms with Gasteiger partial charge in [0.25, 0.3) is 0 Å². The summed E-state index contributed by atoms with van der Waals surface area (Å²) in [5.41, 5.74) is 7.38. The smallest absolute Gasteiger partial charge is 0.326 e. The van der Waals surface area contributed by atoms with E-state index < -0.39 is 53.8 Å². The van der Waals surface area contributed by atoms with Crippen molar-refractivity contribution in [2.45, 2.75) is 84.0 Å². The van der Waals surface area contributed by atoms with Gasteiger partial charge in [0.05, 0.1) is 6.04 Å². The van der Waals surface area contributed by atoms with E-state index >= 15 is 0 Å². The molecule has 0 aliphatic rings. The first-order valence-corrected chi connectivity index (χ1v) is 13.5. The Bertz CT molecular complexity index is 1190. The number of carboxylic acids is 2. The highest BCUT2D eigenvalue weighted by Crippen LogP contribution is 2.19. The van der Waals surface area contributed by atoms with Crippen molar-refractivity contribution in [2.75, 3.05) is 0 Å². The van der Waals surface area contributed by atoms with Crippen molar-refractivity contribution in [3.8, 4) is 0 Å². The number of hydrogen-bond acceptors (Lipinski definition) is 6. The molecule has 2 aromatic rings. The van der Waals surface area contributed by atoms with Gasteiger partial charge < -0.3 is 36.9 Å². The van der Waals surface area contributed by atoms with Gasteiger partial charge >= 0.3 is 11.9 Å². The number of nitrogens with two attached hydrogens (primary N) is 1. The van der Waals surface area contributed by atoms with Crippen molar-refractivity contribution in [1.29, 1.82) is 0 Å². The van der Waals surface area contributed by atoms with Gasteiger partial charge in [-0.1, -0.05) is 52.3 Å². The zero-order valence-corrected chi connectivity index (χ0v) is 23.4. The van der Waals surface area contributed by atoms with E-state index in [9.17, 15) is 29.1 Å². The van der Waals surface area contributed by atoms with E-state index in [2.05, 4.69) is 20.9 Å². The van der Waals surface area contributed by atoms with E-state index in [1.54, 1.807) is 13.1 Å². The Labute approximate surface area is 233 Å². The number of carbonyl (C=O) groups excluding carboxylic acids is 3. The molecule has 0 bridgehead atoms. The van der Waals surface area contributed by atoms with E-state index in [1.165, 1.54) is 0 Å². The molecule has 0 fully saturated rings. The number of hydrogen-bond donors (Lipinski definition) is 7. The molecule has 1 heterocycles. The van der Waals surface area contributed by atoms with Crippen molar-refractivity contribution in [3.63, 3.8) is 0 Å². The fourth-order valence-electron chi connectivity index (χ4n) is 4.33. The van der Waals surface area contributed by atoms with Gasteiger partial charge in [-0.05, 0) is 36.3 Å². The number of aromatic amines is 1. The van der Waals surface area contributed by atoms with E-state index in [0.717, 1.165) is 16.5 Å². The average molecular weight is 560 g/mol. The summed E-state index contributed by atoms with van der Waals surface area (Å²) < 4.78 is 0. The largest absolute Gasteiger partial charge is 0.481 e. The van der Waals surface area contributed by atoms with Crippen LogP contribution < -0.4 is 21.7 Å². The van der Waals surface area contributed by atoms with Gasteiger partial charge in [0.2, 0.25) is 17.7 Å². The number of carbonyl (C=O) groups is 5. The summed E-state index contributed by atoms with van der Waals surface area (Å²) in [5.74, 6) is -4.59. The first-order valence-electron chi connectivity index (χ1n) is 13.5. The molecule has 0 radical (unpaired) electrons. The Morgan fingerprint density at radius 2 is 1.57 bits per heavy atom. The predicted molar refractivity (Wildman–Crippen MR) is 149 cm³/mol. The second-order valence-electron chi connectivity index (χ2n) is 10.6. The molecule has 0 saturated carbocycles. The topological polar surface area (TPSA) is 204 Å². The van der Waals surface area contributed by atoms with Gasteiger partial charge in [0.1, 0.15) is 18.1 Å². The van der Waals surface area contributed by atoms with Gasteiger partial charge in [-0.25, -0.2) is 4.79 Å². The maximum absolute atomic E-state index is 13.4. The number of nitrogens with one attached hydrogen (secondary N) is 4. The highest BCUT2D eigenvalue weighted by atomic mass is 16.4. The summed E-state index contributed by atoms with van der Waals surface area (Å²) >= 11 is 0. The minimum atomic E-state index is -1.24. The van der Waals surface area contributed by atoms with Crippen LogP contribution in [0.1, 0.15) is 58.9 Å². The lowest BCUT2D eigenvalue weighted by molar-refractivity contribution is -0.142. The summed E-state index contributed by atoms with van der Waals surface area (Å²) in [6.07, 6.45) is 2.11. The van der Waals surface area contributed by atoms with Crippen LogP contribution >= 0.6 is 0 Å². The third-order valence-electron chi connectivity index (χ3n) is 6.85. The van der Waals surface area contributed by atoms with Crippen LogP contribution in [0.5, 0.6) is 0 Å². The molecule has 5 atom stereocenters. The maximum Gasteiger partial charge on any atom is 0.326 e. The number of rotatable bonds is 16. The lowest BCUT2D eigenvalue weighted by Crippen LogP contribution is -2.59. The number of benzene rings is 1. The van der Waals surface area contributed by atoms with Gasteiger partial charge in [-0.15, -0.1) is 0 Å². The lowest BCUT2D eigenvalue weighted by atomic mass is 9.96. The molecule has 12 heteroatoms. The lowest BCUT2D eigenvalue weighted by Gasteiger charge is -2.28. The minimum absolute atomic E-state index is 0.00488. The Balaban J connectivity index is 2.18. The Kier molecular flexibility index (Phi) is 12.1. The molecule has 220 valence electrons. The summed E-state index contributed by atoms with van der Waals surface area (Å²) in [6, 6.07) is 2.99. The number of para-hydroxylation sites is 1. The average Bonchev–Trinajstić information content (AvgIpc) is 3.31. The number of aliphatic carboxylic acids is 2. The van der Waals surface area contributed by atoms with Crippen LogP contribution in [0, 0.1) is 11.8 Å². The zero-order valence-electron chi connectivity index (χ0n) is 23.4. The van der Waals surface area contributed by atoms with Crippen molar-refractivity contribution in [2.24, 2.45) is 17.6 Å². The highest BCUT2D eigenvalue weighted by Gasteiger charge is 2.33. The molecule has 5 unspecified atom stereocenters. The fraction of sp³-hybridized carbons (Fsp3) is 0.536. The zero-order chi connectivity index (χ0) is 30.0. The molecule has 0 aliphatic heterocycles. The molecule has 2 rings (SSSR count). The molecular formula is C28H41N5O7. The summed E-state index contributed by atoms with van der Waals surface area (Å²) in [7, 11) is 0. The van der Waals surface area contributed by atoms with Crippen molar-refractivity contribution in [3.05, 3.63) is 36.0 Å². The SMILES string of the molecule is CCC(C)C(NC(=O)C(CC(C)C)NC(=O)C(N)CCC(=O)O)C(=O)NC(Cc1c[nH]c2ccccc12)C(=O)O. The number of H-pyrrole nitrogens is 1. The predicted octanol–water partition coefficient (Wildman–Crippen LogP) is 1.53. The third-order valence-corrected chi connectivity index (χ3v) is 6.85. The summed E-state index contributed by atoms with van der Waals surface area (Å²) in [4.78, 5) is 65.2. The maximum atomic E-state index is 13.4. The van der Waals surface area contributed by atoms with Crippen LogP contribution in [0.2, 0.25) is 0 Å². The van der Waals surface area contributed by atoms with Crippen LogP contribution in [-0.2, 0) is 30.4 Å². The number of aromatic nitrogens is 1. The van der Waals surface area contributed by atoms with Crippen LogP contribution in [0.3, 0.4) is 0 Å². The number of carboxylic acid groups (broad SMARTS) is 2. The molecule has 0 saturated heterocycles. The second kappa shape index (κ2) is 15.0. The van der Waals surface area contributed by atoms with Gasteiger partial charge in [0, 0.05) is 29.9 Å². The Hall–Kier alpha value is -3.93. The fourth-order valence-corrected chi connectivity index (χ4v) is 4.33. The first-order chi connectivity index (χ1) is 18.8. The second-order valence-corrected chi connectivity index (χ2v) is 10.6. The van der Waals surface area contributed by atoms with Crippen LogP contribution in [0.15, 0.2) is 30.5 Å². The Morgan fingerprint density at radius 3 is 2.17 bits per heavy atom. The standard InChI is InChI=1S/C28H41N5O7/c1-5-16(4)24(33-26(37)21(12-15(2)3)31-25(36)19(29)10-11-23(34)35)27(38)32-22(28(39)40)13-17-14-30-20-9-7-6-8-18(17)20/h6-9,14-16,19,21-22,24,30H,5,10-13,29H2,1-4H3,(H,31,36)(H,32,38)(H,33,37)(H,34,35)(H,39,40). The molecule has 0 spiro atoms. The molecular weight excluding hydrogens is 518 g/mol. The molecule has 8 N–H and O–H groups in total. The van der Waals surface area contributed by atoms with E-state index in [0.29, 0.717) is 6.42 Å². The van der Waals surface area contributed by atoms with Gasteiger partial charge in [0.15, 0.2) is 0 Å². The first kappa shape index (κ1) is 32.3. The Morgan fingerprint density at radius 1 is 0.925 bits per heavy atom. The van der Waals surface area contributed by atoms with Gasteiger partial charge in [-0.3, -0.25) is 19.2 Å². The molecule has 1 aromatic heterocycles. The molecule has 40 heavy (non-hydrogen) atoms. The highest BCUT2D eigenvalue weighted by molar-refractivity contribution is 5.94. The summed E-state index contributed by atoms with van der Waals surface area (Å²) in [5, 5.41) is 27.4. The van der Waals surface area contributed by atoms with E-state index in [4.69, 9.17) is 10.8 Å². The van der Waals surface area contributed by atoms with E-state index in [1.807, 2.05) is 45.0 Å². The van der Waals surface area contributed by atoms with Crippen molar-refractivity contribution in [1.82, 2.24) is 20.9 Å². The van der Waals surface area contributed by atoms with Crippen LogP contribution in [0.25, 0.3) is 10.9 Å². The molecule has 12 nitrogen and oxygen atoms in total. The normalized spacial score (nSPS) is 15.1. The number of fused-ring (bicyclic) bond motifs is 1. The minimum Gasteiger partial charge on any atom is -0.481 e. The van der Waals surface area contributed by atoms with E-state index in [-0.39, 0.29) is 37.5 Å². The molecule has 0 aliphatic carbocycles. The number of amides is 3. The molecule has 1 aromatic carbocycles. The van der Waals surface area contributed by atoms with Crippen molar-refractivity contribution < 1.29 is 34.2 Å². The van der Waals surface area contributed by atoms with Crippen molar-refractivity contribution >= 4 is 40.6 Å². The summed E-state index contributed by atoms with van der Waals surface area (Å²) in [6.45, 7) is 7.32. The third kappa shape index (κ3) is 9.37.